The number of halogens is 1. The molecule has 33 heavy (non-hydrogen) atoms. The lowest BCUT2D eigenvalue weighted by Gasteiger charge is -2.42. The Kier molecular flexibility index (Phi) is 4.95. The van der Waals surface area contributed by atoms with Crippen LogP contribution in [0.3, 0.4) is 0 Å². The third-order valence-corrected chi connectivity index (χ3v) is 7.65. The summed E-state index contributed by atoms with van der Waals surface area (Å²) in [5.74, 6) is 2.14. The molecule has 3 N–H and O–H groups in total. The van der Waals surface area contributed by atoms with Gasteiger partial charge in [0.25, 0.3) is 0 Å². The van der Waals surface area contributed by atoms with Gasteiger partial charge in [0.1, 0.15) is 5.82 Å². The number of para-hydroxylation sites is 1. The largest absolute Gasteiger partial charge is 0.437 e. The number of rotatable bonds is 3. The lowest BCUT2D eigenvalue weighted by molar-refractivity contribution is -0.847. The molecule has 3 aliphatic rings. The summed E-state index contributed by atoms with van der Waals surface area (Å²) in [5, 5.41) is 6.10. The van der Waals surface area contributed by atoms with Crippen molar-refractivity contribution in [1.82, 2.24) is 9.97 Å². The van der Waals surface area contributed by atoms with Crippen molar-refractivity contribution in [2.24, 2.45) is 0 Å². The predicted molar refractivity (Wildman–Crippen MR) is 124 cm³/mol. The number of carbonyl (C=O) groups is 1. The molecule has 1 saturated heterocycles. The number of hydrogen-bond acceptors (Lipinski definition) is 6. The summed E-state index contributed by atoms with van der Waals surface area (Å²) >= 11 is 1.73. The van der Waals surface area contributed by atoms with Gasteiger partial charge in [-0.1, -0.05) is 24.3 Å². The van der Waals surface area contributed by atoms with Crippen LogP contribution in [0.25, 0.3) is 0 Å². The molecule has 1 aromatic heterocycles. The quantitative estimate of drug-likeness (QED) is 0.548. The number of hydrogen-bond donors (Lipinski definition) is 3. The average Bonchev–Trinajstić information content (AvgIpc) is 3.29. The highest BCUT2D eigenvalue weighted by molar-refractivity contribution is 7.99. The standard InChI is InChI=1S/C24H22FN5O2S/c25-15-4-3-5-16(14-15)26-21-20-19(8-13-33-20)27-22(29-21)30-11-9-24(10-12-30)17-6-1-2-7-18(17)28-23(31)32-24/h1-7,14H,8-13H2,(H,28,31)(H,26,27,29)/p+1. The molecule has 6 rings (SSSR count). The first kappa shape index (κ1) is 20.4. The Morgan fingerprint density at radius 2 is 1.97 bits per heavy atom. The van der Waals surface area contributed by atoms with Gasteiger partial charge in [0.2, 0.25) is 0 Å². The predicted octanol–water partition coefficient (Wildman–Crippen LogP) is 3.78. The Labute approximate surface area is 194 Å². The number of aryl methyl sites for hydroxylation is 1. The van der Waals surface area contributed by atoms with E-state index in [4.69, 9.17) is 14.7 Å². The minimum atomic E-state index is -0.613. The van der Waals surface area contributed by atoms with E-state index in [1.54, 1.807) is 17.8 Å². The molecule has 4 heterocycles. The maximum Gasteiger partial charge on any atom is 0.412 e. The second-order valence-corrected chi connectivity index (χ2v) is 9.67. The summed E-state index contributed by atoms with van der Waals surface area (Å²) in [4.78, 5) is 24.2. The monoisotopic (exact) mass is 464 g/mol. The Hall–Kier alpha value is -3.17. The Morgan fingerprint density at radius 1 is 1.12 bits per heavy atom. The van der Waals surface area contributed by atoms with Crippen LogP contribution in [-0.4, -0.2) is 34.9 Å². The third kappa shape index (κ3) is 3.71. The Balaban J connectivity index is 1.28. The van der Waals surface area contributed by atoms with E-state index in [1.165, 1.54) is 12.1 Å². The van der Waals surface area contributed by atoms with Crippen molar-refractivity contribution in [3.05, 3.63) is 65.6 Å². The highest BCUT2D eigenvalue weighted by atomic mass is 32.2. The first-order valence-corrected chi connectivity index (χ1v) is 12.1. The molecule has 1 spiro atoms. The van der Waals surface area contributed by atoms with E-state index in [1.807, 2.05) is 30.3 Å². The van der Waals surface area contributed by atoms with Crippen molar-refractivity contribution in [2.75, 3.05) is 29.5 Å². The van der Waals surface area contributed by atoms with Crippen LogP contribution in [-0.2, 0) is 16.8 Å². The van der Waals surface area contributed by atoms with Gasteiger partial charge in [-0.2, -0.15) is 9.97 Å². The summed E-state index contributed by atoms with van der Waals surface area (Å²) < 4.78 is 19.6. The fourth-order valence-electron chi connectivity index (χ4n) is 4.92. The molecule has 0 aliphatic carbocycles. The number of ether oxygens (including phenoxy) is 1. The second-order valence-electron chi connectivity index (χ2n) is 8.56. The first-order valence-electron chi connectivity index (χ1n) is 11.1. The molecule has 2 aromatic carbocycles. The summed E-state index contributed by atoms with van der Waals surface area (Å²) in [6.07, 6.45) is 1.87. The fraction of sp³-hybridized carbons (Fsp3) is 0.292. The van der Waals surface area contributed by atoms with E-state index in [2.05, 4.69) is 10.6 Å². The lowest BCUT2D eigenvalue weighted by atomic mass is 9.82. The minimum Gasteiger partial charge on any atom is -0.437 e. The summed E-state index contributed by atoms with van der Waals surface area (Å²) in [6.45, 7) is 1.49. The molecule has 1 fully saturated rings. The van der Waals surface area contributed by atoms with Gasteiger partial charge in [-0.15, -0.1) is 11.8 Å². The van der Waals surface area contributed by atoms with E-state index >= 15 is 0 Å². The fourth-order valence-corrected chi connectivity index (χ4v) is 5.97. The van der Waals surface area contributed by atoms with Gasteiger partial charge in [-0.3, -0.25) is 10.2 Å². The average molecular weight is 465 g/mol. The van der Waals surface area contributed by atoms with Crippen molar-refractivity contribution in [3.63, 3.8) is 0 Å². The molecular formula is C24H23FN5O2S+. The van der Waals surface area contributed by atoms with Crippen molar-refractivity contribution in [3.8, 4) is 0 Å². The summed E-state index contributed by atoms with van der Waals surface area (Å²) in [7, 11) is 0. The van der Waals surface area contributed by atoms with Crippen LogP contribution in [0, 0.1) is 5.82 Å². The molecule has 0 unspecified atom stereocenters. The zero-order valence-corrected chi connectivity index (χ0v) is 18.7. The van der Waals surface area contributed by atoms with E-state index < -0.39 is 11.7 Å². The molecule has 0 saturated carbocycles. The van der Waals surface area contributed by atoms with E-state index in [-0.39, 0.29) is 5.82 Å². The zero-order valence-electron chi connectivity index (χ0n) is 17.9. The van der Waals surface area contributed by atoms with Crippen LogP contribution in [0.15, 0.2) is 53.4 Å². The molecule has 3 aromatic rings. The van der Waals surface area contributed by atoms with Crippen LogP contribution in [0.1, 0.15) is 24.1 Å². The number of piperidine rings is 1. The third-order valence-electron chi connectivity index (χ3n) is 6.53. The number of aromatic nitrogens is 2. The van der Waals surface area contributed by atoms with Crippen LogP contribution < -0.4 is 15.5 Å². The molecule has 0 radical (unpaired) electrons. The number of anilines is 3. The molecule has 0 bridgehead atoms. The van der Waals surface area contributed by atoms with E-state index in [9.17, 15) is 9.18 Å². The molecule has 0 atom stereocenters. The van der Waals surface area contributed by atoms with Crippen molar-refractivity contribution < 1.29 is 18.8 Å². The van der Waals surface area contributed by atoms with Crippen LogP contribution in [0.5, 0.6) is 0 Å². The molecular weight excluding hydrogens is 441 g/mol. The smallest absolute Gasteiger partial charge is 0.412 e. The van der Waals surface area contributed by atoms with Crippen LogP contribution >= 0.6 is 11.8 Å². The van der Waals surface area contributed by atoms with E-state index in [0.717, 1.165) is 63.8 Å². The normalized spacial score (nSPS) is 23.4. The summed E-state index contributed by atoms with van der Waals surface area (Å²) in [5.41, 5.74) is 2.95. The topological polar surface area (TPSA) is 80.6 Å². The first-order chi connectivity index (χ1) is 16.1. The van der Waals surface area contributed by atoms with Crippen LogP contribution in [0.4, 0.5) is 32.3 Å². The number of quaternary nitrogens is 1. The molecule has 1 amide bonds. The van der Waals surface area contributed by atoms with Gasteiger partial charge in [0.15, 0.2) is 11.4 Å². The number of amides is 1. The number of benzene rings is 2. The van der Waals surface area contributed by atoms with Crippen molar-refractivity contribution in [2.45, 2.75) is 29.8 Å². The van der Waals surface area contributed by atoms with Gasteiger partial charge < -0.3 is 10.1 Å². The Bertz CT molecular complexity index is 1250. The van der Waals surface area contributed by atoms with Gasteiger partial charge in [0, 0.05) is 36.3 Å². The zero-order chi connectivity index (χ0) is 22.4. The lowest BCUT2D eigenvalue weighted by Crippen LogP contribution is -3.09. The molecule has 7 nitrogen and oxygen atoms in total. The van der Waals surface area contributed by atoms with Gasteiger partial charge in [-0.05, 0) is 24.3 Å². The van der Waals surface area contributed by atoms with Crippen LogP contribution in [0.2, 0.25) is 0 Å². The number of carbonyl (C=O) groups excluding carboxylic acids is 1. The van der Waals surface area contributed by atoms with Crippen molar-refractivity contribution in [1.29, 1.82) is 0 Å². The number of nitrogens with zero attached hydrogens (tertiary/aromatic N) is 2. The molecule has 3 aliphatic heterocycles. The summed E-state index contributed by atoms with van der Waals surface area (Å²) in [6, 6.07) is 14.3. The second kappa shape index (κ2) is 8.00. The molecule has 168 valence electrons. The number of thioether (sulfide) groups is 1. The number of fused-ring (bicyclic) bond motifs is 3. The SMILES string of the molecule is O=C1Nc2ccccc2C2(CC[NH+](c3nc4c(c(Nc5cccc(F)c5)n3)SCC4)CC2)O1. The highest BCUT2D eigenvalue weighted by Crippen LogP contribution is 2.42. The highest BCUT2D eigenvalue weighted by Gasteiger charge is 2.46. The maximum atomic E-state index is 13.7. The van der Waals surface area contributed by atoms with Crippen molar-refractivity contribution >= 4 is 41.0 Å². The minimum absolute atomic E-state index is 0.290. The maximum absolute atomic E-state index is 13.7. The van der Waals surface area contributed by atoms with Gasteiger partial charge in [0.05, 0.1) is 29.4 Å². The van der Waals surface area contributed by atoms with E-state index in [0.29, 0.717) is 18.5 Å². The Morgan fingerprint density at radius 3 is 2.82 bits per heavy atom. The van der Waals surface area contributed by atoms with Gasteiger partial charge in [-0.25, -0.2) is 9.18 Å². The molecule has 9 heteroatoms. The van der Waals surface area contributed by atoms with Gasteiger partial charge >= 0.3 is 12.0 Å². The number of nitrogens with one attached hydrogen (secondary N) is 3.